The van der Waals surface area contributed by atoms with E-state index in [4.69, 9.17) is 4.74 Å². The van der Waals surface area contributed by atoms with E-state index in [1.807, 2.05) is 6.92 Å². The molecule has 0 unspecified atom stereocenters. The number of rotatable bonds is 9. The van der Waals surface area contributed by atoms with Gasteiger partial charge in [0, 0.05) is 19.7 Å². The van der Waals surface area contributed by atoms with Crippen LogP contribution in [0.3, 0.4) is 0 Å². The average Bonchev–Trinajstić information content (AvgIpc) is 2.52. The van der Waals surface area contributed by atoms with Crippen LogP contribution in [0.4, 0.5) is 8.78 Å². The molecule has 0 bridgehead atoms. The van der Waals surface area contributed by atoms with Gasteiger partial charge in [0.2, 0.25) is 5.91 Å². The number of benzene rings is 1. The first-order chi connectivity index (χ1) is 10.9. The second-order valence-corrected chi connectivity index (χ2v) is 5.70. The van der Waals surface area contributed by atoms with Gasteiger partial charge in [-0.25, -0.2) is 8.78 Å². The van der Waals surface area contributed by atoms with Crippen molar-refractivity contribution in [3.63, 3.8) is 0 Å². The van der Waals surface area contributed by atoms with E-state index in [0.29, 0.717) is 18.9 Å². The van der Waals surface area contributed by atoms with E-state index in [-0.39, 0.29) is 30.0 Å². The number of unbranched alkanes of at least 4 members (excludes halogenated alkanes) is 1. The molecule has 0 aromatic heterocycles. The van der Waals surface area contributed by atoms with Gasteiger partial charge in [-0.1, -0.05) is 13.3 Å². The van der Waals surface area contributed by atoms with Crippen molar-refractivity contribution in [3.05, 3.63) is 28.8 Å². The van der Waals surface area contributed by atoms with Gasteiger partial charge >= 0.3 is 0 Å². The van der Waals surface area contributed by atoms with Crippen LogP contribution in [0.2, 0.25) is 0 Å². The molecule has 0 radical (unpaired) electrons. The Labute approximate surface area is 136 Å². The minimum Gasteiger partial charge on any atom is -0.493 e. The lowest BCUT2D eigenvalue weighted by Crippen LogP contribution is -2.33. The predicted octanol–water partition coefficient (Wildman–Crippen LogP) is 2.67. The number of hydrogen-bond acceptors (Lipinski definition) is 3. The summed E-state index contributed by atoms with van der Waals surface area (Å²) in [6.45, 7) is 4.58. The first-order valence-electron chi connectivity index (χ1n) is 7.89. The number of amides is 1. The standard InChI is InChI=1S/C17H26F2N2O2/c1-5-6-9-23-14-10-13(17(19)16(18)12(14)2)7-8-20-11-15(22)21(3)4/h10,20H,5-9,11H2,1-4H3. The van der Waals surface area contributed by atoms with Gasteiger partial charge in [0.05, 0.1) is 13.2 Å². The number of ether oxygens (including phenoxy) is 1. The van der Waals surface area contributed by atoms with E-state index in [1.165, 1.54) is 11.8 Å². The average molecular weight is 328 g/mol. The lowest BCUT2D eigenvalue weighted by molar-refractivity contribution is -0.127. The van der Waals surface area contributed by atoms with Crippen LogP contribution in [0.5, 0.6) is 5.75 Å². The van der Waals surface area contributed by atoms with Crippen molar-refractivity contribution in [1.29, 1.82) is 0 Å². The summed E-state index contributed by atoms with van der Waals surface area (Å²) in [5, 5.41) is 2.93. The SMILES string of the molecule is CCCCOc1cc(CCNCC(=O)N(C)C)c(F)c(F)c1C. The topological polar surface area (TPSA) is 41.6 Å². The van der Waals surface area contributed by atoms with Gasteiger partial charge in [0.15, 0.2) is 11.6 Å². The van der Waals surface area contributed by atoms with E-state index in [2.05, 4.69) is 5.32 Å². The van der Waals surface area contributed by atoms with Gasteiger partial charge in [0.1, 0.15) is 5.75 Å². The number of nitrogens with one attached hydrogen (secondary N) is 1. The Morgan fingerprint density at radius 3 is 2.61 bits per heavy atom. The summed E-state index contributed by atoms with van der Waals surface area (Å²) >= 11 is 0. The maximum atomic E-state index is 14.0. The molecule has 23 heavy (non-hydrogen) atoms. The third kappa shape index (κ3) is 5.78. The molecule has 1 rings (SSSR count). The molecule has 0 saturated heterocycles. The quantitative estimate of drug-likeness (QED) is 0.709. The summed E-state index contributed by atoms with van der Waals surface area (Å²) in [5.74, 6) is -1.38. The Morgan fingerprint density at radius 1 is 1.30 bits per heavy atom. The van der Waals surface area contributed by atoms with Gasteiger partial charge in [-0.05, 0) is 37.9 Å². The van der Waals surface area contributed by atoms with Gasteiger partial charge in [0.25, 0.3) is 0 Å². The molecule has 0 aliphatic heterocycles. The van der Waals surface area contributed by atoms with Crippen molar-refractivity contribution in [3.8, 4) is 5.75 Å². The second kappa shape index (κ2) is 9.45. The van der Waals surface area contributed by atoms with E-state index in [9.17, 15) is 13.6 Å². The van der Waals surface area contributed by atoms with E-state index in [1.54, 1.807) is 20.2 Å². The first-order valence-corrected chi connectivity index (χ1v) is 7.89. The van der Waals surface area contributed by atoms with Crippen LogP contribution in [0.15, 0.2) is 6.07 Å². The number of carbonyl (C=O) groups is 1. The number of halogens is 2. The summed E-state index contributed by atoms with van der Waals surface area (Å²) in [7, 11) is 3.33. The lowest BCUT2D eigenvalue weighted by Gasteiger charge is -2.14. The molecule has 1 N–H and O–H groups in total. The van der Waals surface area contributed by atoms with Crippen LogP contribution in [-0.4, -0.2) is 44.6 Å². The van der Waals surface area contributed by atoms with E-state index in [0.717, 1.165) is 12.8 Å². The van der Waals surface area contributed by atoms with Crippen LogP contribution in [0, 0.1) is 18.6 Å². The Bertz CT molecular complexity index is 534. The fraction of sp³-hybridized carbons (Fsp3) is 0.588. The van der Waals surface area contributed by atoms with Crippen molar-refractivity contribution < 1.29 is 18.3 Å². The van der Waals surface area contributed by atoms with E-state index < -0.39 is 11.6 Å². The minimum atomic E-state index is -0.863. The highest BCUT2D eigenvalue weighted by Gasteiger charge is 2.16. The molecular weight excluding hydrogens is 302 g/mol. The highest BCUT2D eigenvalue weighted by Crippen LogP contribution is 2.26. The molecule has 1 aromatic rings. The van der Waals surface area contributed by atoms with Crippen LogP contribution >= 0.6 is 0 Å². The molecule has 0 aliphatic carbocycles. The third-order valence-corrected chi connectivity index (χ3v) is 3.58. The van der Waals surface area contributed by atoms with Crippen molar-refractivity contribution in [2.75, 3.05) is 33.8 Å². The number of nitrogens with zero attached hydrogens (tertiary/aromatic N) is 1. The van der Waals surface area contributed by atoms with E-state index >= 15 is 0 Å². The molecule has 1 amide bonds. The zero-order chi connectivity index (χ0) is 17.4. The fourth-order valence-electron chi connectivity index (χ4n) is 1.98. The highest BCUT2D eigenvalue weighted by atomic mass is 19.2. The molecule has 0 fully saturated rings. The van der Waals surface area contributed by atoms with Crippen molar-refractivity contribution in [2.45, 2.75) is 33.1 Å². The van der Waals surface area contributed by atoms with Crippen LogP contribution < -0.4 is 10.1 Å². The molecule has 0 heterocycles. The zero-order valence-corrected chi connectivity index (χ0v) is 14.3. The smallest absolute Gasteiger partial charge is 0.236 e. The normalized spacial score (nSPS) is 10.7. The van der Waals surface area contributed by atoms with Crippen molar-refractivity contribution in [2.24, 2.45) is 0 Å². The maximum Gasteiger partial charge on any atom is 0.236 e. The summed E-state index contributed by atoms with van der Waals surface area (Å²) in [5.41, 5.74) is 0.447. The molecule has 4 nitrogen and oxygen atoms in total. The lowest BCUT2D eigenvalue weighted by atomic mass is 10.1. The molecule has 6 heteroatoms. The largest absolute Gasteiger partial charge is 0.493 e. The third-order valence-electron chi connectivity index (χ3n) is 3.58. The highest BCUT2D eigenvalue weighted by molar-refractivity contribution is 5.77. The Kier molecular flexibility index (Phi) is 7.95. The van der Waals surface area contributed by atoms with Crippen LogP contribution in [0.25, 0.3) is 0 Å². The Hall–Kier alpha value is -1.69. The van der Waals surface area contributed by atoms with Crippen molar-refractivity contribution >= 4 is 5.91 Å². The summed E-state index contributed by atoms with van der Waals surface area (Å²) in [6, 6.07) is 1.55. The van der Waals surface area contributed by atoms with Gasteiger partial charge in [-0.2, -0.15) is 0 Å². The molecule has 0 atom stereocenters. The molecule has 0 saturated carbocycles. The molecular formula is C17H26F2N2O2. The van der Waals surface area contributed by atoms with Gasteiger partial charge < -0.3 is 15.0 Å². The van der Waals surface area contributed by atoms with Gasteiger partial charge in [-0.3, -0.25) is 4.79 Å². The van der Waals surface area contributed by atoms with Gasteiger partial charge in [-0.15, -0.1) is 0 Å². The predicted molar refractivity (Wildman–Crippen MR) is 86.8 cm³/mol. The monoisotopic (exact) mass is 328 g/mol. The molecule has 0 spiro atoms. The fourth-order valence-corrected chi connectivity index (χ4v) is 1.98. The molecule has 0 aliphatic rings. The maximum absolute atomic E-state index is 14.0. The second-order valence-electron chi connectivity index (χ2n) is 5.70. The van der Waals surface area contributed by atoms with Crippen LogP contribution in [-0.2, 0) is 11.2 Å². The number of carbonyl (C=O) groups excluding carboxylic acids is 1. The Balaban J connectivity index is 2.68. The number of hydrogen-bond donors (Lipinski definition) is 1. The summed E-state index contributed by atoms with van der Waals surface area (Å²) in [6.07, 6.45) is 2.12. The number of likely N-dealkylation sites (N-methyl/N-ethyl adjacent to an activating group) is 1. The Morgan fingerprint density at radius 2 is 2.00 bits per heavy atom. The first kappa shape index (κ1) is 19.4. The summed E-state index contributed by atoms with van der Waals surface area (Å²) in [4.78, 5) is 12.9. The van der Waals surface area contributed by atoms with Crippen LogP contribution in [0.1, 0.15) is 30.9 Å². The molecule has 130 valence electrons. The molecule has 1 aromatic carbocycles. The zero-order valence-electron chi connectivity index (χ0n) is 14.3. The minimum absolute atomic E-state index is 0.0656. The van der Waals surface area contributed by atoms with Crippen molar-refractivity contribution in [1.82, 2.24) is 10.2 Å². The summed E-state index contributed by atoms with van der Waals surface area (Å²) < 4.78 is 33.5.